The lowest BCUT2D eigenvalue weighted by molar-refractivity contribution is -0.159. The first-order chi connectivity index (χ1) is 16.8. The molecule has 10 nitrogen and oxygen atoms in total. The quantitative estimate of drug-likeness (QED) is 0.132. The highest BCUT2D eigenvalue weighted by Crippen LogP contribution is 2.22. The Kier molecular flexibility index (Phi) is 10.2. The maximum atomic E-state index is 13.3. The second-order valence-corrected chi connectivity index (χ2v) is 10.3. The summed E-state index contributed by atoms with van der Waals surface area (Å²) in [5.74, 6) is -2.67. The van der Waals surface area contributed by atoms with Gasteiger partial charge < -0.3 is 19.9 Å². The first-order valence-electron chi connectivity index (χ1n) is 11.2. The third kappa shape index (κ3) is 8.48. The standard InChI is InChI=1S/C24H29Cl2N5O5/c1-24(2,3)36-23(35)17(10-9-15(32)12-28-27)29-21(33)18(30-22(34)20(25)26)11-14-13-31(4)19-8-6-5-7-16(14)19/h5-8,12-13,17-18,20,27H,9-11H2,1-4H3,(H-,29,30,33,34)/p+1/t17-,18-/m0/s1. The molecule has 0 aliphatic carbocycles. The Balaban J connectivity index is 2.32. The van der Waals surface area contributed by atoms with Crippen molar-refractivity contribution < 1.29 is 28.7 Å². The van der Waals surface area contributed by atoms with Gasteiger partial charge in [0.25, 0.3) is 5.91 Å². The number of aromatic nitrogens is 1. The van der Waals surface area contributed by atoms with E-state index in [0.29, 0.717) is 0 Å². The molecule has 1 heterocycles. The van der Waals surface area contributed by atoms with Crippen LogP contribution >= 0.6 is 23.2 Å². The van der Waals surface area contributed by atoms with Crippen LogP contribution in [0.15, 0.2) is 30.5 Å². The number of hydrogen-bond acceptors (Lipinski definition) is 6. The van der Waals surface area contributed by atoms with Crippen LogP contribution in [0.1, 0.15) is 39.2 Å². The molecular weight excluding hydrogens is 509 g/mol. The number of amides is 2. The molecule has 2 atom stereocenters. The van der Waals surface area contributed by atoms with E-state index in [9.17, 15) is 19.2 Å². The molecule has 36 heavy (non-hydrogen) atoms. The van der Waals surface area contributed by atoms with Crippen molar-refractivity contribution >= 4 is 63.9 Å². The molecule has 0 unspecified atom stereocenters. The second-order valence-electron chi connectivity index (χ2n) is 9.21. The van der Waals surface area contributed by atoms with Crippen LogP contribution < -0.4 is 10.6 Å². The Morgan fingerprint density at radius 2 is 1.75 bits per heavy atom. The summed E-state index contributed by atoms with van der Waals surface area (Å²) in [6, 6.07) is 5.27. The minimum atomic E-state index is -1.41. The fourth-order valence-electron chi connectivity index (χ4n) is 3.57. The van der Waals surface area contributed by atoms with Crippen LogP contribution in [0.4, 0.5) is 0 Å². The number of nitrogens with one attached hydrogen (secondary N) is 3. The van der Waals surface area contributed by atoms with Crippen molar-refractivity contribution in [3.05, 3.63) is 36.0 Å². The fraction of sp³-hybridized carbons (Fsp3) is 0.458. The summed E-state index contributed by atoms with van der Waals surface area (Å²) >= 11 is 11.4. The highest BCUT2D eigenvalue weighted by atomic mass is 35.5. The number of carbonyl (C=O) groups excluding carboxylic acids is 4. The van der Waals surface area contributed by atoms with E-state index in [1.54, 1.807) is 20.8 Å². The van der Waals surface area contributed by atoms with Crippen molar-refractivity contribution in [3.63, 3.8) is 0 Å². The zero-order valence-electron chi connectivity index (χ0n) is 20.5. The third-order valence-electron chi connectivity index (χ3n) is 5.13. The molecule has 0 aliphatic rings. The number of fused-ring (bicyclic) bond motifs is 1. The molecule has 0 aliphatic heterocycles. The number of esters is 1. The number of alkyl halides is 2. The molecule has 1 aromatic carbocycles. The summed E-state index contributed by atoms with van der Waals surface area (Å²) in [5.41, 5.74) is 7.66. The topological polar surface area (TPSA) is 144 Å². The van der Waals surface area contributed by atoms with E-state index >= 15 is 0 Å². The van der Waals surface area contributed by atoms with Gasteiger partial charge in [-0.3, -0.25) is 14.4 Å². The van der Waals surface area contributed by atoms with E-state index in [4.69, 9.17) is 33.5 Å². The number of Topliss-reactive ketones (excluding diaryl/α,β-unsaturated/α-hetero) is 1. The average Bonchev–Trinajstić information content (AvgIpc) is 3.10. The van der Waals surface area contributed by atoms with Crippen molar-refractivity contribution in [1.29, 1.82) is 5.53 Å². The molecule has 194 valence electrons. The minimum Gasteiger partial charge on any atom is -0.458 e. The van der Waals surface area contributed by atoms with Crippen LogP contribution in [0.2, 0.25) is 0 Å². The van der Waals surface area contributed by atoms with Crippen molar-refractivity contribution in [2.75, 3.05) is 0 Å². The molecular formula is C24H30Cl2N5O5+. The maximum Gasteiger partial charge on any atom is 0.372 e. The number of halogens is 2. The van der Waals surface area contributed by atoms with Gasteiger partial charge in [-0.05, 0) is 38.8 Å². The van der Waals surface area contributed by atoms with Crippen LogP contribution in [-0.2, 0) is 37.4 Å². The van der Waals surface area contributed by atoms with Crippen LogP contribution in [0.3, 0.4) is 0 Å². The van der Waals surface area contributed by atoms with Gasteiger partial charge >= 0.3 is 12.2 Å². The molecule has 12 heteroatoms. The molecule has 0 spiro atoms. The zero-order valence-corrected chi connectivity index (χ0v) is 22.0. The molecule has 0 saturated carbocycles. The van der Waals surface area contributed by atoms with Gasteiger partial charge in [0.2, 0.25) is 11.7 Å². The van der Waals surface area contributed by atoms with Gasteiger partial charge in [-0.2, -0.15) is 0 Å². The number of hydrogen-bond donors (Lipinski definition) is 3. The van der Waals surface area contributed by atoms with Crippen molar-refractivity contribution in [2.45, 2.75) is 62.6 Å². The average molecular weight is 539 g/mol. The van der Waals surface area contributed by atoms with E-state index in [-0.39, 0.29) is 19.3 Å². The lowest BCUT2D eigenvalue weighted by atomic mass is 10.0. The number of ketones is 1. The number of aryl methyl sites for hydroxylation is 1. The first kappa shape index (κ1) is 29.0. The van der Waals surface area contributed by atoms with Crippen molar-refractivity contribution in [1.82, 2.24) is 15.2 Å². The van der Waals surface area contributed by atoms with Gasteiger partial charge in [-0.1, -0.05) is 41.4 Å². The highest BCUT2D eigenvalue weighted by molar-refractivity contribution is 6.53. The lowest BCUT2D eigenvalue weighted by Gasteiger charge is -2.26. The fourth-order valence-corrected chi connectivity index (χ4v) is 3.70. The summed E-state index contributed by atoms with van der Waals surface area (Å²) in [4.78, 5) is 51.8. The van der Waals surface area contributed by atoms with E-state index in [1.165, 1.54) is 0 Å². The Morgan fingerprint density at radius 1 is 1.11 bits per heavy atom. The Morgan fingerprint density at radius 3 is 2.36 bits per heavy atom. The number of ether oxygens (including phenoxy) is 1. The largest absolute Gasteiger partial charge is 0.458 e. The molecule has 0 saturated heterocycles. The molecule has 3 N–H and O–H groups in total. The number of nitrogens with zero attached hydrogens (tertiary/aromatic N) is 2. The molecule has 0 radical (unpaired) electrons. The normalized spacial score (nSPS) is 13.0. The van der Waals surface area contributed by atoms with Gasteiger partial charge in [0.1, 0.15) is 17.7 Å². The van der Waals surface area contributed by atoms with Crippen molar-refractivity contribution in [2.24, 2.45) is 7.05 Å². The van der Waals surface area contributed by atoms with E-state index < -0.39 is 46.1 Å². The number of para-hydroxylation sites is 1. The summed E-state index contributed by atoms with van der Waals surface area (Å²) in [6.45, 7) is 5.02. The lowest BCUT2D eigenvalue weighted by Crippen LogP contribution is -2.54. The van der Waals surface area contributed by atoms with E-state index in [2.05, 4.69) is 15.4 Å². The molecule has 2 aromatic rings. The molecule has 0 fully saturated rings. The second kappa shape index (κ2) is 12.7. The predicted octanol–water partition coefficient (Wildman–Crippen LogP) is 2.50. The summed E-state index contributed by atoms with van der Waals surface area (Å²) in [7, 11) is 1.86. The molecule has 0 bridgehead atoms. The molecule has 2 rings (SSSR count). The Bertz CT molecular complexity index is 1180. The van der Waals surface area contributed by atoms with E-state index in [1.807, 2.05) is 42.1 Å². The summed E-state index contributed by atoms with van der Waals surface area (Å²) in [6.07, 6.45) is 2.51. The number of rotatable bonds is 11. The van der Waals surface area contributed by atoms with Gasteiger partial charge in [-0.25, -0.2) is 4.79 Å². The maximum absolute atomic E-state index is 13.3. The first-order valence-corrected chi connectivity index (χ1v) is 12.1. The zero-order chi connectivity index (χ0) is 27.0. The van der Waals surface area contributed by atoms with Crippen LogP contribution in [-0.4, -0.2) is 61.7 Å². The van der Waals surface area contributed by atoms with Crippen molar-refractivity contribution in [3.8, 4) is 0 Å². The third-order valence-corrected chi connectivity index (χ3v) is 5.53. The van der Waals surface area contributed by atoms with Gasteiger partial charge in [-0.15, -0.1) is 0 Å². The minimum absolute atomic E-state index is 0.0882. The smallest absolute Gasteiger partial charge is 0.372 e. The van der Waals surface area contributed by atoms with Gasteiger partial charge in [0, 0.05) is 37.0 Å². The number of carbonyl (C=O) groups is 4. The monoisotopic (exact) mass is 538 g/mol. The molecule has 2 amide bonds. The van der Waals surface area contributed by atoms with Gasteiger partial charge in [0.05, 0.1) is 10.3 Å². The molecule has 1 aromatic heterocycles. The summed E-state index contributed by atoms with van der Waals surface area (Å²) in [5, 5.41) is 6.01. The van der Waals surface area contributed by atoms with E-state index in [0.717, 1.165) is 22.7 Å². The highest BCUT2D eigenvalue weighted by Gasteiger charge is 2.32. The SMILES string of the molecule is Cn1cc(C[C@H](NC(=O)C(Cl)Cl)C(=O)N[C@@H](CCC(=O)C=[N+]=N)C(=O)OC(C)(C)C)c2ccccc21. The Hall–Kier alpha value is -3.20. The van der Waals surface area contributed by atoms with Crippen LogP contribution in [0, 0.1) is 5.53 Å². The Labute approximate surface area is 218 Å². The van der Waals surface area contributed by atoms with Gasteiger partial charge in [0.15, 0.2) is 4.84 Å². The van der Waals surface area contributed by atoms with Crippen LogP contribution in [0.25, 0.3) is 10.9 Å². The van der Waals surface area contributed by atoms with Crippen LogP contribution in [0.5, 0.6) is 0 Å². The summed E-state index contributed by atoms with van der Waals surface area (Å²) < 4.78 is 7.30. The predicted molar refractivity (Wildman–Crippen MR) is 135 cm³/mol. The number of benzene rings is 1.